The van der Waals surface area contributed by atoms with Crippen LogP contribution >= 0.6 is 11.6 Å². The third-order valence-electron chi connectivity index (χ3n) is 21.3. The number of rotatable bonds is 11. The number of hydrogen-bond donors (Lipinski definition) is 3. The van der Waals surface area contributed by atoms with Gasteiger partial charge in [0.05, 0.1) is 42.2 Å². The van der Waals surface area contributed by atoms with Crippen LogP contribution in [0.4, 0.5) is 26.3 Å². The second-order valence-corrected chi connectivity index (χ2v) is 29.9. The van der Waals surface area contributed by atoms with Crippen LogP contribution in [0.2, 0.25) is 5.02 Å². The Balaban J connectivity index is 1.33. The van der Waals surface area contributed by atoms with E-state index in [2.05, 4.69) is 16.0 Å². The Bertz CT molecular complexity index is 3530. The molecule has 2 aliphatic carbocycles. The van der Waals surface area contributed by atoms with E-state index in [1.165, 1.54) is 73.8 Å². The second kappa shape index (κ2) is 36.3. The maximum atomic E-state index is 15.6. The predicted octanol–water partition coefficient (Wildman–Crippen LogP) is 6.49. The van der Waals surface area contributed by atoms with E-state index < -0.39 is 192 Å². The number of fused-ring (bicyclic) bond motifs is 4. The lowest BCUT2D eigenvalue weighted by atomic mass is 9.90. The zero-order valence-corrected chi connectivity index (χ0v) is 62.8. The van der Waals surface area contributed by atoms with Gasteiger partial charge in [-0.2, -0.15) is 26.3 Å². The number of hydrogen-bond acceptors (Lipinski definition) is 12. The number of halogens is 7. The summed E-state index contributed by atoms with van der Waals surface area (Å²) in [5.74, 6) is -10.3. The number of nitrogens with one attached hydrogen (secondary N) is 3. The molecule has 12 amide bonds. The van der Waals surface area contributed by atoms with Gasteiger partial charge in [-0.1, -0.05) is 102 Å². The first-order chi connectivity index (χ1) is 49.3. The number of alkyl halides is 6. The molecule has 3 N–H and O–H groups in total. The number of carbonyl (C=O) groups excluding carboxylic acids is 12. The van der Waals surface area contributed by atoms with E-state index in [0.29, 0.717) is 44.9 Å². The zero-order chi connectivity index (χ0) is 77.7. The molecule has 0 aromatic heterocycles. The van der Waals surface area contributed by atoms with Crippen molar-refractivity contribution in [1.82, 2.24) is 60.0 Å². The third-order valence-corrected chi connectivity index (χ3v) is 21.6. The second-order valence-electron chi connectivity index (χ2n) is 29.5. The van der Waals surface area contributed by atoms with E-state index in [-0.39, 0.29) is 94.5 Å². The first-order valence-electron chi connectivity index (χ1n) is 36.3. The molecule has 105 heavy (non-hydrogen) atoms. The minimum Gasteiger partial charge on any atom is -0.347 e. The summed E-state index contributed by atoms with van der Waals surface area (Å²) in [4.78, 5) is 190. The summed E-state index contributed by atoms with van der Waals surface area (Å²) in [6.45, 7) is 4.70. The summed E-state index contributed by atoms with van der Waals surface area (Å²) in [5, 5.41) is 7.91. The van der Waals surface area contributed by atoms with Crippen LogP contribution in [0.1, 0.15) is 153 Å². The van der Waals surface area contributed by atoms with Crippen LogP contribution in [-0.4, -0.2) is 251 Å². The molecule has 580 valence electrons. The van der Waals surface area contributed by atoms with Gasteiger partial charge in [-0.15, -0.1) is 0 Å². The van der Waals surface area contributed by atoms with Crippen molar-refractivity contribution in [1.29, 1.82) is 0 Å². The molecular weight excluding hydrogens is 1400 g/mol. The standard InChI is InChI=1S/C74H103ClF6N12O12/c1-12-46(4)62-69(103)87(8)43-60(96)91-35-19-13-14-20-36-92(61(97)44-91)57(40-48-25-29-50(30-26-48)73(76,77)78)68(102)86(7)42-58(94)82-53(32-28-47-27-31-51(52(75)39-47)74(79,80)81)66(100)93-37-21-24-54(93)65(99)84-72(33-17-18-34-72)71(105)90(11)63(49-22-15-16-23-49)70(104)89(10)56(67(101)85(5)6)41-59(95)88(9)55(38-45(2)3)64(98)83-62/h13-14,25-27,29-31,39,45-46,49,53-57,62-63H,12,15-24,28,32-38,40-44H2,1-11H3,(H,82,94)(H,83,98)(H,84,99)/b14-13-/t46-,53-,54?,55-,56-,57-,62?,63-/m0/s1. The largest absolute Gasteiger partial charge is 0.417 e. The van der Waals surface area contributed by atoms with Crippen LogP contribution < -0.4 is 16.0 Å². The minimum absolute atomic E-state index is 0.0445. The van der Waals surface area contributed by atoms with Crippen molar-refractivity contribution >= 4 is 82.5 Å². The number of likely N-dealkylation sites (N-methyl/N-ethyl adjacent to an activating group) is 6. The van der Waals surface area contributed by atoms with Crippen LogP contribution in [0.25, 0.3) is 0 Å². The third kappa shape index (κ3) is 21.1. The highest BCUT2D eigenvalue weighted by atomic mass is 35.5. The van der Waals surface area contributed by atoms with E-state index >= 15 is 28.8 Å². The zero-order valence-electron chi connectivity index (χ0n) is 62.0. The SMILES string of the molecule is CC[C@H](C)C1NC(=O)[C@H](CC(C)C)N(C)C(=O)C[C@@H](C(=O)N(C)C)N(C)C(=O)[C@H](C2CCCC2)N(C)C(=O)C2(CCCC2)NC(=O)C2CCCN2C(=O)[C@H](CCc2ccc(C(F)(F)F)c(Cl)c2)NC(=O)CN(C)C(=O)[C@H](Cc2ccc(C(F)(F)F)cc2)N2CC/C=C\CCN(CC2=O)C(=O)CN(C)C1=O. The van der Waals surface area contributed by atoms with E-state index in [9.17, 15) is 55.1 Å². The Morgan fingerprint density at radius 1 is 0.638 bits per heavy atom. The molecule has 2 saturated heterocycles. The van der Waals surface area contributed by atoms with Gasteiger partial charge in [-0.05, 0) is 124 Å². The number of nitrogens with zero attached hydrogens (tertiary/aromatic N) is 9. The van der Waals surface area contributed by atoms with Gasteiger partial charge in [-0.3, -0.25) is 57.5 Å². The van der Waals surface area contributed by atoms with E-state index in [0.717, 1.165) is 62.1 Å². The minimum atomic E-state index is -4.81. The number of amides is 12. The van der Waals surface area contributed by atoms with Crippen LogP contribution in [0, 0.1) is 17.8 Å². The average molecular weight is 1500 g/mol. The first kappa shape index (κ1) is 84.0. The molecule has 2 aromatic rings. The van der Waals surface area contributed by atoms with E-state index in [1.807, 2.05) is 13.8 Å². The Hall–Kier alpha value is -8.31. The fourth-order valence-electron chi connectivity index (χ4n) is 14.9. The molecule has 7 rings (SSSR count). The topological polar surface area (TPSA) is 270 Å². The molecule has 2 saturated carbocycles. The maximum absolute atomic E-state index is 15.6. The molecule has 1 spiro atoms. The smallest absolute Gasteiger partial charge is 0.347 e. The van der Waals surface area contributed by atoms with Gasteiger partial charge < -0.3 is 60.0 Å². The molecule has 4 fully saturated rings. The lowest BCUT2D eigenvalue weighted by Gasteiger charge is -2.42. The normalized spacial score (nSPS) is 25.3. The highest BCUT2D eigenvalue weighted by molar-refractivity contribution is 6.31. The van der Waals surface area contributed by atoms with Crippen LogP contribution in [0.5, 0.6) is 0 Å². The summed E-state index contributed by atoms with van der Waals surface area (Å²) in [7, 11) is 9.67. The summed E-state index contributed by atoms with van der Waals surface area (Å²) in [6, 6.07) is -2.78. The summed E-state index contributed by atoms with van der Waals surface area (Å²) >= 11 is 6.15. The average Bonchev–Trinajstić information content (AvgIpc) is 1.72. The molecule has 3 aliphatic heterocycles. The van der Waals surface area contributed by atoms with Crippen LogP contribution in [0.3, 0.4) is 0 Å². The molecule has 2 bridgehead atoms. The molecule has 2 aromatic carbocycles. The predicted molar refractivity (Wildman–Crippen MR) is 377 cm³/mol. The van der Waals surface area contributed by atoms with Crippen molar-refractivity contribution in [3.8, 4) is 0 Å². The Morgan fingerprint density at radius 3 is 1.85 bits per heavy atom. The van der Waals surface area contributed by atoms with Gasteiger partial charge in [0.2, 0.25) is 70.9 Å². The Kier molecular flexibility index (Phi) is 29.0. The quantitative estimate of drug-likeness (QED) is 0.161. The van der Waals surface area contributed by atoms with Gasteiger partial charge in [0, 0.05) is 75.4 Å². The molecule has 8 atom stereocenters. The van der Waals surface area contributed by atoms with Crippen LogP contribution in [0.15, 0.2) is 54.6 Å². The molecule has 31 heteroatoms. The lowest BCUT2D eigenvalue weighted by molar-refractivity contribution is -0.156. The van der Waals surface area contributed by atoms with Crippen molar-refractivity contribution in [2.45, 2.75) is 203 Å². The first-order valence-corrected chi connectivity index (χ1v) is 36.6. The van der Waals surface area contributed by atoms with Crippen molar-refractivity contribution in [2.75, 3.05) is 88.6 Å². The maximum Gasteiger partial charge on any atom is 0.417 e. The number of aryl methyl sites for hydroxylation is 1. The van der Waals surface area contributed by atoms with Crippen molar-refractivity contribution < 1.29 is 83.9 Å². The summed E-state index contributed by atoms with van der Waals surface area (Å²) in [6.07, 6.45) is -2.94. The number of carbonyl (C=O) groups is 12. The van der Waals surface area contributed by atoms with E-state index in [4.69, 9.17) is 11.6 Å². The van der Waals surface area contributed by atoms with Crippen molar-refractivity contribution in [2.24, 2.45) is 17.8 Å². The Labute approximate surface area is 615 Å². The molecule has 3 heterocycles. The monoisotopic (exact) mass is 1500 g/mol. The molecule has 0 radical (unpaired) electrons. The molecule has 2 unspecified atom stereocenters. The van der Waals surface area contributed by atoms with Gasteiger partial charge in [0.15, 0.2) is 0 Å². The van der Waals surface area contributed by atoms with Gasteiger partial charge in [0.1, 0.15) is 47.8 Å². The molecule has 5 aliphatic rings. The van der Waals surface area contributed by atoms with Crippen LogP contribution in [-0.2, 0) is 82.7 Å². The Morgan fingerprint density at radius 2 is 1.26 bits per heavy atom. The fourth-order valence-corrected chi connectivity index (χ4v) is 15.3. The van der Waals surface area contributed by atoms with Gasteiger partial charge in [-0.25, -0.2) is 0 Å². The van der Waals surface area contributed by atoms with Gasteiger partial charge in [0.25, 0.3) is 0 Å². The summed E-state index contributed by atoms with van der Waals surface area (Å²) in [5.41, 5.74) is -3.38. The van der Waals surface area contributed by atoms with Crippen molar-refractivity contribution in [3.63, 3.8) is 0 Å². The lowest BCUT2D eigenvalue weighted by Crippen LogP contribution is -2.65. The fraction of sp³-hybridized carbons (Fsp3) is 0.649. The number of benzene rings is 2. The molecular formula is C74H103ClF6N12O12. The highest BCUT2D eigenvalue weighted by Gasteiger charge is 2.52. The highest BCUT2D eigenvalue weighted by Crippen LogP contribution is 2.39. The van der Waals surface area contributed by atoms with E-state index in [1.54, 1.807) is 26.0 Å². The van der Waals surface area contributed by atoms with Crippen molar-refractivity contribution in [3.05, 3.63) is 81.9 Å². The molecule has 24 nitrogen and oxygen atoms in total. The van der Waals surface area contributed by atoms with Gasteiger partial charge >= 0.3 is 12.4 Å². The summed E-state index contributed by atoms with van der Waals surface area (Å²) < 4.78 is 83.6.